The quantitative estimate of drug-likeness (QED) is 0.789. The lowest BCUT2D eigenvalue weighted by atomic mass is 9.97. The monoisotopic (exact) mass is 400 g/mol. The number of halogens is 1. The highest BCUT2D eigenvalue weighted by Gasteiger charge is 2.31. The molecule has 1 aromatic heterocycles. The van der Waals surface area contributed by atoms with Crippen LogP contribution < -0.4 is 0 Å². The van der Waals surface area contributed by atoms with Gasteiger partial charge in [0.2, 0.25) is 5.91 Å². The molecule has 2 aliphatic heterocycles. The van der Waals surface area contributed by atoms with E-state index < -0.39 is 0 Å². The third kappa shape index (κ3) is 4.19. The second-order valence-electron chi connectivity index (χ2n) is 8.99. The first-order valence-corrected chi connectivity index (χ1v) is 10.9. The zero-order chi connectivity index (χ0) is 20.5. The number of benzene rings is 1. The Hall–Kier alpha value is -1.92. The number of carbonyl (C=O) groups is 1. The maximum absolute atomic E-state index is 14.2. The van der Waals surface area contributed by atoms with Gasteiger partial charge in [0.15, 0.2) is 0 Å². The number of fused-ring (bicyclic) bond motifs is 1. The average molecular weight is 401 g/mol. The first-order valence-electron chi connectivity index (χ1n) is 10.9. The number of amides is 1. The molecule has 29 heavy (non-hydrogen) atoms. The molecule has 158 valence electrons. The predicted octanol–water partition coefficient (Wildman–Crippen LogP) is 3.28. The SMILES string of the molecule is Cc1ccc(F)c2ccn([C@@H]3CCCN(C4CCN(C(=O)CN(C)C)CC4)C3)c12. The van der Waals surface area contributed by atoms with Crippen LogP contribution in [0.2, 0.25) is 0 Å². The van der Waals surface area contributed by atoms with Crippen molar-refractivity contribution >= 4 is 16.8 Å². The Morgan fingerprint density at radius 3 is 2.59 bits per heavy atom. The van der Waals surface area contributed by atoms with Crippen molar-refractivity contribution < 1.29 is 9.18 Å². The van der Waals surface area contributed by atoms with Gasteiger partial charge in [0, 0.05) is 43.3 Å². The van der Waals surface area contributed by atoms with E-state index in [2.05, 4.69) is 22.6 Å². The van der Waals surface area contributed by atoms with E-state index in [4.69, 9.17) is 0 Å². The molecule has 2 aliphatic rings. The molecule has 6 heteroatoms. The maximum atomic E-state index is 14.2. The van der Waals surface area contributed by atoms with Gasteiger partial charge < -0.3 is 14.4 Å². The molecule has 1 amide bonds. The summed E-state index contributed by atoms with van der Waals surface area (Å²) in [6.45, 7) is 6.41. The van der Waals surface area contributed by atoms with E-state index in [1.165, 1.54) is 6.42 Å². The molecule has 2 aromatic rings. The van der Waals surface area contributed by atoms with E-state index in [1.54, 1.807) is 6.07 Å². The summed E-state index contributed by atoms with van der Waals surface area (Å²) >= 11 is 0. The van der Waals surface area contributed by atoms with Gasteiger partial charge in [-0.25, -0.2) is 4.39 Å². The smallest absolute Gasteiger partial charge is 0.236 e. The number of carbonyl (C=O) groups excluding carboxylic acids is 1. The molecule has 0 aliphatic carbocycles. The number of hydrogen-bond acceptors (Lipinski definition) is 3. The molecule has 2 fully saturated rings. The van der Waals surface area contributed by atoms with Gasteiger partial charge in [0.1, 0.15) is 5.82 Å². The number of likely N-dealkylation sites (tertiary alicyclic amines) is 2. The van der Waals surface area contributed by atoms with E-state index in [0.717, 1.165) is 61.9 Å². The van der Waals surface area contributed by atoms with Crippen LogP contribution in [0.4, 0.5) is 4.39 Å². The molecule has 1 atom stereocenters. The molecule has 3 heterocycles. The largest absolute Gasteiger partial charge is 0.343 e. The lowest BCUT2D eigenvalue weighted by Gasteiger charge is -2.43. The second kappa shape index (κ2) is 8.44. The average Bonchev–Trinajstić information content (AvgIpc) is 3.17. The Morgan fingerprint density at radius 1 is 1.10 bits per heavy atom. The minimum absolute atomic E-state index is 0.133. The van der Waals surface area contributed by atoms with Crippen LogP contribution in [0.15, 0.2) is 24.4 Å². The Kier molecular flexibility index (Phi) is 5.93. The number of hydrogen-bond donors (Lipinski definition) is 0. The number of rotatable bonds is 4. The zero-order valence-electron chi connectivity index (χ0n) is 17.9. The first kappa shape index (κ1) is 20.4. The van der Waals surface area contributed by atoms with Gasteiger partial charge >= 0.3 is 0 Å². The summed E-state index contributed by atoms with van der Waals surface area (Å²) < 4.78 is 16.5. The summed E-state index contributed by atoms with van der Waals surface area (Å²) in [5.41, 5.74) is 2.18. The van der Waals surface area contributed by atoms with Crippen LogP contribution in [0.25, 0.3) is 10.9 Å². The summed E-state index contributed by atoms with van der Waals surface area (Å²) in [6.07, 6.45) is 6.46. The number of aryl methyl sites for hydroxylation is 1. The molecule has 5 nitrogen and oxygen atoms in total. The number of aromatic nitrogens is 1. The van der Waals surface area contributed by atoms with Gasteiger partial charge in [0.25, 0.3) is 0 Å². The summed E-state index contributed by atoms with van der Waals surface area (Å²) in [5.74, 6) is 0.105. The molecule has 0 spiro atoms. The van der Waals surface area contributed by atoms with E-state index in [1.807, 2.05) is 36.0 Å². The molecular formula is C23H33FN4O. The van der Waals surface area contributed by atoms with Crippen molar-refractivity contribution in [3.8, 4) is 0 Å². The predicted molar refractivity (Wildman–Crippen MR) is 115 cm³/mol. The van der Waals surface area contributed by atoms with Crippen molar-refractivity contribution in [2.75, 3.05) is 46.8 Å². The fourth-order valence-corrected chi connectivity index (χ4v) is 5.12. The second-order valence-corrected chi connectivity index (χ2v) is 8.99. The molecule has 0 unspecified atom stereocenters. The molecule has 0 N–H and O–H groups in total. The summed E-state index contributed by atoms with van der Waals surface area (Å²) in [4.78, 5) is 18.9. The topological polar surface area (TPSA) is 31.7 Å². The highest BCUT2D eigenvalue weighted by Crippen LogP contribution is 2.32. The Morgan fingerprint density at radius 2 is 1.86 bits per heavy atom. The highest BCUT2D eigenvalue weighted by atomic mass is 19.1. The zero-order valence-corrected chi connectivity index (χ0v) is 17.9. The molecule has 4 rings (SSSR count). The highest BCUT2D eigenvalue weighted by molar-refractivity contribution is 5.84. The normalized spacial score (nSPS) is 22.0. The minimum Gasteiger partial charge on any atom is -0.343 e. The summed E-state index contributed by atoms with van der Waals surface area (Å²) in [7, 11) is 3.88. The van der Waals surface area contributed by atoms with Crippen LogP contribution >= 0.6 is 0 Å². The van der Waals surface area contributed by atoms with Gasteiger partial charge in [-0.15, -0.1) is 0 Å². The maximum Gasteiger partial charge on any atom is 0.236 e. The van der Waals surface area contributed by atoms with Gasteiger partial charge in [0.05, 0.1) is 12.1 Å². The van der Waals surface area contributed by atoms with E-state index in [0.29, 0.717) is 18.6 Å². The third-order valence-corrected chi connectivity index (χ3v) is 6.63. The molecule has 0 saturated carbocycles. The fraction of sp³-hybridized carbons (Fsp3) is 0.609. The Balaban J connectivity index is 1.42. The van der Waals surface area contributed by atoms with Crippen LogP contribution in [0, 0.1) is 12.7 Å². The van der Waals surface area contributed by atoms with Crippen LogP contribution in [-0.2, 0) is 4.79 Å². The van der Waals surface area contributed by atoms with Crippen molar-refractivity contribution in [3.05, 3.63) is 35.8 Å². The Bertz CT molecular complexity index is 869. The third-order valence-electron chi connectivity index (χ3n) is 6.63. The number of nitrogens with zero attached hydrogens (tertiary/aromatic N) is 4. The van der Waals surface area contributed by atoms with Crippen molar-refractivity contribution in [2.24, 2.45) is 0 Å². The molecule has 2 saturated heterocycles. The lowest BCUT2D eigenvalue weighted by molar-refractivity contribution is -0.133. The van der Waals surface area contributed by atoms with Gasteiger partial charge in [-0.2, -0.15) is 0 Å². The first-order chi connectivity index (χ1) is 13.9. The molecule has 0 radical (unpaired) electrons. The van der Waals surface area contributed by atoms with Crippen molar-refractivity contribution in [3.63, 3.8) is 0 Å². The van der Waals surface area contributed by atoms with Crippen LogP contribution in [-0.4, -0.2) is 78.0 Å². The number of piperidine rings is 2. The van der Waals surface area contributed by atoms with E-state index >= 15 is 0 Å². The van der Waals surface area contributed by atoms with Crippen molar-refractivity contribution in [2.45, 2.75) is 44.7 Å². The fourth-order valence-electron chi connectivity index (χ4n) is 5.12. The van der Waals surface area contributed by atoms with Gasteiger partial charge in [-0.1, -0.05) is 6.07 Å². The van der Waals surface area contributed by atoms with Crippen LogP contribution in [0.3, 0.4) is 0 Å². The van der Waals surface area contributed by atoms with E-state index in [9.17, 15) is 9.18 Å². The van der Waals surface area contributed by atoms with Crippen molar-refractivity contribution in [1.29, 1.82) is 0 Å². The minimum atomic E-state index is -0.133. The molecule has 0 bridgehead atoms. The Labute approximate surface area is 173 Å². The molecule has 1 aromatic carbocycles. The standard InChI is InChI=1S/C23H33FN4O/c1-17-6-7-21(24)20-10-14-28(23(17)20)19-5-4-11-27(15-19)18-8-12-26(13-9-18)22(29)16-25(2)3/h6-7,10,14,18-19H,4-5,8-9,11-13,15-16H2,1-3H3/t19-/m1/s1. The lowest BCUT2D eigenvalue weighted by Crippen LogP contribution is -2.50. The van der Waals surface area contributed by atoms with E-state index in [-0.39, 0.29) is 11.7 Å². The van der Waals surface area contributed by atoms with Crippen LogP contribution in [0.1, 0.15) is 37.3 Å². The summed E-state index contributed by atoms with van der Waals surface area (Å²) in [5, 5.41) is 0.731. The van der Waals surface area contributed by atoms with Crippen LogP contribution in [0.5, 0.6) is 0 Å². The van der Waals surface area contributed by atoms with Gasteiger partial charge in [-0.3, -0.25) is 9.69 Å². The van der Waals surface area contributed by atoms with Crippen molar-refractivity contribution in [1.82, 2.24) is 19.3 Å². The molecular weight excluding hydrogens is 367 g/mol. The summed E-state index contributed by atoms with van der Waals surface area (Å²) in [6, 6.07) is 6.30. The number of likely N-dealkylation sites (N-methyl/N-ethyl adjacent to an activating group) is 1. The van der Waals surface area contributed by atoms with Gasteiger partial charge in [-0.05, 0) is 70.9 Å².